The first-order valence-electron chi connectivity index (χ1n) is 5.39. The molecule has 0 fully saturated rings. The van der Waals surface area contributed by atoms with Gasteiger partial charge in [-0.15, -0.1) is 0 Å². The minimum atomic E-state index is -0.367. The summed E-state index contributed by atoms with van der Waals surface area (Å²) in [5.41, 5.74) is 2.17. The van der Waals surface area contributed by atoms with Crippen LogP contribution in [-0.2, 0) is 13.6 Å². The fraction of sp³-hybridized carbons (Fsp3) is 0.167. The predicted octanol–water partition coefficient (Wildman–Crippen LogP) is 2.14. The number of hydrogen-bond acceptors (Lipinski definition) is 3. The van der Waals surface area contributed by atoms with E-state index in [1.807, 2.05) is 29.9 Å². The molecule has 0 unspecified atom stereocenters. The van der Waals surface area contributed by atoms with Crippen molar-refractivity contribution in [1.82, 2.24) is 14.1 Å². The summed E-state index contributed by atoms with van der Waals surface area (Å²) in [6, 6.07) is 5.52. The standard InChI is InChI=1S/C12H10BrN3O2/c1-15-5-9(14-7-15)6-16-10-3-2-8(13)4-11(10)18-12(16)17/h2-5,7H,6H2,1H3. The second kappa shape index (κ2) is 4.13. The summed E-state index contributed by atoms with van der Waals surface area (Å²) in [4.78, 5) is 16.0. The summed E-state index contributed by atoms with van der Waals surface area (Å²) in [6.07, 6.45) is 3.59. The SMILES string of the molecule is Cn1cnc(Cn2c(=O)oc3cc(Br)ccc32)c1. The third-order valence-corrected chi connectivity index (χ3v) is 3.20. The summed E-state index contributed by atoms with van der Waals surface area (Å²) in [6.45, 7) is 0.411. The van der Waals surface area contributed by atoms with Gasteiger partial charge in [0.1, 0.15) is 0 Å². The van der Waals surface area contributed by atoms with Crippen molar-refractivity contribution in [2.75, 3.05) is 0 Å². The van der Waals surface area contributed by atoms with E-state index in [-0.39, 0.29) is 5.76 Å². The molecule has 0 atom stereocenters. The Kier molecular flexibility index (Phi) is 2.59. The number of rotatable bonds is 2. The lowest BCUT2D eigenvalue weighted by atomic mass is 10.3. The summed E-state index contributed by atoms with van der Waals surface area (Å²) in [5.74, 6) is -0.367. The van der Waals surface area contributed by atoms with Gasteiger partial charge < -0.3 is 8.98 Å². The first kappa shape index (κ1) is 11.3. The Morgan fingerprint density at radius 1 is 1.44 bits per heavy atom. The zero-order valence-electron chi connectivity index (χ0n) is 9.63. The molecule has 0 spiro atoms. The lowest BCUT2D eigenvalue weighted by molar-refractivity contribution is 0.516. The van der Waals surface area contributed by atoms with E-state index >= 15 is 0 Å². The molecule has 6 heteroatoms. The second-order valence-electron chi connectivity index (χ2n) is 4.10. The number of fused-ring (bicyclic) bond motifs is 1. The van der Waals surface area contributed by atoms with Crippen molar-refractivity contribution in [2.24, 2.45) is 7.05 Å². The van der Waals surface area contributed by atoms with Crippen molar-refractivity contribution >= 4 is 27.0 Å². The third-order valence-electron chi connectivity index (χ3n) is 2.71. The number of oxazole rings is 1. The highest BCUT2D eigenvalue weighted by Crippen LogP contribution is 2.19. The van der Waals surface area contributed by atoms with Gasteiger partial charge in [0.05, 0.1) is 24.1 Å². The fourth-order valence-electron chi connectivity index (χ4n) is 1.90. The van der Waals surface area contributed by atoms with Crippen LogP contribution in [0.2, 0.25) is 0 Å². The molecule has 2 heterocycles. The Hall–Kier alpha value is -1.82. The van der Waals surface area contributed by atoms with Crippen molar-refractivity contribution in [1.29, 1.82) is 0 Å². The van der Waals surface area contributed by atoms with E-state index in [0.29, 0.717) is 12.1 Å². The lowest BCUT2D eigenvalue weighted by Crippen LogP contribution is -2.15. The van der Waals surface area contributed by atoms with E-state index in [1.165, 1.54) is 0 Å². The molecular formula is C12H10BrN3O2. The van der Waals surface area contributed by atoms with Crippen molar-refractivity contribution in [2.45, 2.75) is 6.54 Å². The molecule has 0 aliphatic heterocycles. The van der Waals surface area contributed by atoms with Crippen molar-refractivity contribution in [3.63, 3.8) is 0 Å². The van der Waals surface area contributed by atoms with E-state index in [1.54, 1.807) is 17.0 Å². The quantitative estimate of drug-likeness (QED) is 0.729. The predicted molar refractivity (Wildman–Crippen MR) is 70.5 cm³/mol. The van der Waals surface area contributed by atoms with Gasteiger partial charge in [-0.2, -0.15) is 0 Å². The largest absolute Gasteiger partial charge is 0.420 e. The van der Waals surface area contributed by atoms with Crippen molar-refractivity contribution in [3.8, 4) is 0 Å². The van der Waals surface area contributed by atoms with Gasteiger partial charge in [0.15, 0.2) is 5.58 Å². The number of aromatic nitrogens is 3. The molecule has 1 aromatic carbocycles. The first-order chi connectivity index (χ1) is 8.63. The van der Waals surface area contributed by atoms with Crippen LogP contribution in [0.4, 0.5) is 0 Å². The molecule has 92 valence electrons. The maximum atomic E-state index is 11.8. The maximum absolute atomic E-state index is 11.8. The molecule has 0 amide bonds. The maximum Gasteiger partial charge on any atom is 0.420 e. The van der Waals surface area contributed by atoms with Crippen LogP contribution < -0.4 is 5.76 Å². The number of halogens is 1. The highest BCUT2D eigenvalue weighted by Gasteiger charge is 2.10. The van der Waals surface area contributed by atoms with E-state index in [4.69, 9.17) is 4.42 Å². The second-order valence-corrected chi connectivity index (χ2v) is 5.01. The van der Waals surface area contributed by atoms with Crippen LogP contribution in [0.3, 0.4) is 0 Å². The Balaban J connectivity index is 2.11. The topological polar surface area (TPSA) is 53.0 Å². The van der Waals surface area contributed by atoms with E-state index in [2.05, 4.69) is 20.9 Å². The Morgan fingerprint density at radius 2 is 2.28 bits per heavy atom. The van der Waals surface area contributed by atoms with Gasteiger partial charge in [-0.3, -0.25) is 4.57 Å². The monoisotopic (exact) mass is 307 g/mol. The van der Waals surface area contributed by atoms with Crippen molar-refractivity contribution in [3.05, 3.63) is 51.4 Å². The average Bonchev–Trinajstić information content (AvgIpc) is 2.84. The number of benzene rings is 1. The summed E-state index contributed by atoms with van der Waals surface area (Å²) < 4.78 is 9.50. The molecule has 0 radical (unpaired) electrons. The Labute approximate surface area is 111 Å². The van der Waals surface area contributed by atoms with Crippen LogP contribution in [0.5, 0.6) is 0 Å². The van der Waals surface area contributed by atoms with E-state index in [9.17, 15) is 4.79 Å². The van der Waals surface area contributed by atoms with Crippen LogP contribution in [0.1, 0.15) is 5.69 Å². The number of aryl methyl sites for hydroxylation is 1. The molecule has 0 bridgehead atoms. The van der Waals surface area contributed by atoms with Gasteiger partial charge in [0.25, 0.3) is 0 Å². The molecule has 0 N–H and O–H groups in total. The highest BCUT2D eigenvalue weighted by molar-refractivity contribution is 9.10. The molecule has 18 heavy (non-hydrogen) atoms. The zero-order valence-corrected chi connectivity index (χ0v) is 11.2. The summed E-state index contributed by atoms with van der Waals surface area (Å²) >= 11 is 3.35. The number of imidazole rings is 1. The Morgan fingerprint density at radius 3 is 3.00 bits per heavy atom. The molecular weight excluding hydrogens is 298 g/mol. The van der Waals surface area contributed by atoms with E-state index < -0.39 is 0 Å². The van der Waals surface area contributed by atoms with Gasteiger partial charge in [0.2, 0.25) is 0 Å². The third kappa shape index (κ3) is 1.88. The minimum Gasteiger partial charge on any atom is -0.408 e. The van der Waals surface area contributed by atoms with Crippen LogP contribution in [0.15, 0.2) is 44.4 Å². The van der Waals surface area contributed by atoms with Gasteiger partial charge in [-0.05, 0) is 18.2 Å². The van der Waals surface area contributed by atoms with Crippen LogP contribution in [-0.4, -0.2) is 14.1 Å². The molecule has 3 aromatic rings. The molecule has 0 aliphatic carbocycles. The normalized spacial score (nSPS) is 11.2. The smallest absolute Gasteiger partial charge is 0.408 e. The van der Waals surface area contributed by atoms with Crippen LogP contribution >= 0.6 is 15.9 Å². The number of hydrogen-bond donors (Lipinski definition) is 0. The lowest BCUT2D eigenvalue weighted by Gasteiger charge is -1.98. The van der Waals surface area contributed by atoms with Crippen LogP contribution in [0, 0.1) is 0 Å². The van der Waals surface area contributed by atoms with Gasteiger partial charge >= 0.3 is 5.76 Å². The molecule has 0 aliphatic rings. The van der Waals surface area contributed by atoms with Crippen molar-refractivity contribution < 1.29 is 4.42 Å². The minimum absolute atomic E-state index is 0.367. The van der Waals surface area contributed by atoms with E-state index in [0.717, 1.165) is 15.7 Å². The summed E-state index contributed by atoms with van der Waals surface area (Å²) in [7, 11) is 1.89. The molecule has 5 nitrogen and oxygen atoms in total. The first-order valence-corrected chi connectivity index (χ1v) is 6.18. The average molecular weight is 308 g/mol. The van der Waals surface area contributed by atoms with Gasteiger partial charge in [-0.25, -0.2) is 9.78 Å². The summed E-state index contributed by atoms with van der Waals surface area (Å²) in [5, 5.41) is 0. The molecule has 3 rings (SSSR count). The Bertz CT molecular complexity index is 769. The highest BCUT2D eigenvalue weighted by atomic mass is 79.9. The van der Waals surface area contributed by atoms with Gasteiger partial charge in [-0.1, -0.05) is 15.9 Å². The van der Waals surface area contributed by atoms with Gasteiger partial charge in [0, 0.05) is 17.7 Å². The fourth-order valence-corrected chi connectivity index (χ4v) is 2.24. The molecule has 0 saturated carbocycles. The van der Waals surface area contributed by atoms with Crippen LogP contribution in [0.25, 0.3) is 11.1 Å². The molecule has 2 aromatic heterocycles. The molecule has 0 saturated heterocycles. The number of nitrogens with zero attached hydrogens (tertiary/aromatic N) is 3. The zero-order chi connectivity index (χ0) is 12.7.